The smallest absolute Gasteiger partial charge is 0.233 e. The molecule has 0 amide bonds. The fourth-order valence-corrected chi connectivity index (χ4v) is 7.86. The van der Waals surface area contributed by atoms with Gasteiger partial charge in [-0.1, -0.05) is 30.3 Å². The molecule has 1 aliphatic carbocycles. The number of nitrogens with zero attached hydrogens (tertiary/aromatic N) is 6. The van der Waals surface area contributed by atoms with Crippen molar-refractivity contribution in [2.75, 3.05) is 13.1 Å². The van der Waals surface area contributed by atoms with E-state index >= 15 is 0 Å². The first-order valence-electron chi connectivity index (χ1n) is 12.5. The molecule has 1 aliphatic heterocycles. The summed E-state index contributed by atoms with van der Waals surface area (Å²) in [6.07, 6.45) is 3.12. The topological polar surface area (TPSA) is 85.9 Å². The molecule has 0 spiro atoms. The van der Waals surface area contributed by atoms with Crippen LogP contribution in [0.25, 0.3) is 16.6 Å². The van der Waals surface area contributed by atoms with E-state index in [0.29, 0.717) is 13.1 Å². The van der Waals surface area contributed by atoms with E-state index in [1.165, 1.54) is 28.7 Å². The molecule has 2 fully saturated rings. The van der Waals surface area contributed by atoms with Crippen LogP contribution >= 0.6 is 0 Å². The maximum Gasteiger partial charge on any atom is 0.264 e. The summed E-state index contributed by atoms with van der Waals surface area (Å²) in [5, 5.41) is 13.6. The van der Waals surface area contributed by atoms with Crippen molar-refractivity contribution in [3.63, 3.8) is 0 Å². The molecule has 0 radical (unpaired) electrons. The highest BCUT2D eigenvalue weighted by molar-refractivity contribution is 7.89. The average molecular weight is 529 g/mol. The number of sulfonamides is 1. The zero-order valence-electron chi connectivity index (χ0n) is 20.9. The van der Waals surface area contributed by atoms with Crippen LogP contribution in [0.15, 0.2) is 84.1 Å². The minimum atomic E-state index is -3.77. The second kappa shape index (κ2) is 8.05. The summed E-state index contributed by atoms with van der Waals surface area (Å²) in [4.78, 5) is 1.27. The van der Waals surface area contributed by atoms with Crippen LogP contribution in [0.5, 0.6) is 0 Å². The fourth-order valence-electron chi connectivity index (χ4n) is 6.45. The Kier molecular flexibility index (Phi) is 4.93. The van der Waals surface area contributed by atoms with Gasteiger partial charge in [-0.2, -0.15) is 19.3 Å². The van der Waals surface area contributed by atoms with Gasteiger partial charge in [0.2, 0.25) is 5.03 Å². The van der Waals surface area contributed by atoms with Crippen LogP contribution in [-0.2, 0) is 22.5 Å². The van der Waals surface area contributed by atoms with Gasteiger partial charge in [-0.3, -0.25) is 0 Å². The Hall–Kier alpha value is -3.89. The van der Waals surface area contributed by atoms with Crippen LogP contribution in [0.2, 0.25) is 0 Å². The number of piperidine rings is 1. The third kappa shape index (κ3) is 3.30. The van der Waals surface area contributed by atoms with E-state index < -0.39 is 10.0 Å². The predicted octanol–water partition coefficient (Wildman–Crippen LogP) is 3.96. The van der Waals surface area contributed by atoms with Crippen LogP contribution in [0.1, 0.15) is 22.6 Å². The normalized spacial score (nSPS) is 23.1. The van der Waals surface area contributed by atoms with Gasteiger partial charge in [0.05, 0.1) is 23.6 Å². The Labute approximate surface area is 219 Å². The van der Waals surface area contributed by atoms with E-state index in [1.54, 1.807) is 23.5 Å². The molecule has 3 atom stereocenters. The molecule has 1 saturated carbocycles. The lowest BCUT2D eigenvalue weighted by Gasteiger charge is -2.24. The molecule has 8 nitrogen and oxygen atoms in total. The molecule has 2 aromatic heterocycles. The van der Waals surface area contributed by atoms with E-state index in [9.17, 15) is 12.8 Å². The van der Waals surface area contributed by atoms with Crippen LogP contribution in [0.4, 0.5) is 4.39 Å². The molecule has 3 heterocycles. The summed E-state index contributed by atoms with van der Waals surface area (Å²) in [6.45, 7) is 2.86. The second-order valence-electron chi connectivity index (χ2n) is 10.3. The van der Waals surface area contributed by atoms with Crippen molar-refractivity contribution in [2.45, 2.75) is 23.3 Å². The quantitative estimate of drug-likeness (QED) is 0.345. The van der Waals surface area contributed by atoms with Crippen molar-refractivity contribution in [3.05, 3.63) is 102 Å². The molecule has 1 saturated heterocycles. The average Bonchev–Trinajstić information content (AvgIpc) is 3.34. The zero-order chi connectivity index (χ0) is 26.2. The standard InChI is InChI=1S/C28H25FN6O2S/c1-18-12-25-20(14-31-35(25)22-10-8-21(29)9-11-22)13-23(18)28-17-34(38(36,37)26-15-30-33(2)32-26)16-24(28)27(28)19-6-4-3-5-7-19/h3-15,24,27H,16-17H2,1-2H3. The molecule has 2 aliphatic rings. The van der Waals surface area contributed by atoms with Gasteiger partial charge in [0.1, 0.15) is 5.82 Å². The Balaban J connectivity index is 1.33. The number of hydrogen-bond donors (Lipinski definition) is 0. The lowest BCUT2D eigenvalue weighted by atomic mass is 9.87. The third-order valence-corrected chi connectivity index (χ3v) is 9.85. The molecule has 3 unspecified atom stereocenters. The van der Waals surface area contributed by atoms with Crippen LogP contribution < -0.4 is 0 Å². The van der Waals surface area contributed by atoms with Crippen molar-refractivity contribution in [1.29, 1.82) is 0 Å². The Morgan fingerprint density at radius 2 is 1.76 bits per heavy atom. The Morgan fingerprint density at radius 1 is 1.00 bits per heavy atom. The van der Waals surface area contributed by atoms with E-state index in [2.05, 4.69) is 46.5 Å². The predicted molar refractivity (Wildman–Crippen MR) is 140 cm³/mol. The van der Waals surface area contributed by atoms with Gasteiger partial charge >= 0.3 is 0 Å². The first-order chi connectivity index (χ1) is 18.3. The van der Waals surface area contributed by atoms with E-state index in [0.717, 1.165) is 27.7 Å². The van der Waals surface area contributed by atoms with Crippen molar-refractivity contribution < 1.29 is 12.8 Å². The van der Waals surface area contributed by atoms with E-state index in [1.807, 2.05) is 29.1 Å². The summed E-state index contributed by atoms with van der Waals surface area (Å²) >= 11 is 0. The number of aromatic nitrogens is 5. The number of rotatable bonds is 5. The van der Waals surface area contributed by atoms with E-state index in [4.69, 9.17) is 0 Å². The summed E-state index contributed by atoms with van der Waals surface area (Å²) in [5.41, 5.74) is 4.77. The maximum absolute atomic E-state index is 13.5. The van der Waals surface area contributed by atoms with Crippen LogP contribution in [0, 0.1) is 18.7 Å². The first kappa shape index (κ1) is 23.2. The number of benzene rings is 3. The van der Waals surface area contributed by atoms with Crippen LogP contribution in [0.3, 0.4) is 0 Å². The summed E-state index contributed by atoms with van der Waals surface area (Å²) in [7, 11) is -2.16. The maximum atomic E-state index is 13.5. The number of halogens is 1. The third-order valence-electron chi connectivity index (χ3n) is 8.18. The molecule has 10 heteroatoms. The molecule has 0 bridgehead atoms. The second-order valence-corrected chi connectivity index (χ2v) is 12.1. The molecule has 7 rings (SSSR count). The van der Waals surface area contributed by atoms with Crippen molar-refractivity contribution in [3.8, 4) is 5.69 Å². The van der Waals surface area contributed by atoms with E-state index in [-0.39, 0.29) is 28.1 Å². The molecular formula is C28H25FN6O2S. The number of aryl methyl sites for hydroxylation is 2. The minimum absolute atomic E-state index is 0.0274. The molecule has 5 aromatic rings. The highest BCUT2D eigenvalue weighted by Crippen LogP contribution is 2.70. The van der Waals surface area contributed by atoms with Crippen LogP contribution in [-0.4, -0.2) is 50.6 Å². The van der Waals surface area contributed by atoms with Crippen molar-refractivity contribution in [1.82, 2.24) is 29.1 Å². The number of fused-ring (bicyclic) bond motifs is 2. The molecular weight excluding hydrogens is 503 g/mol. The van der Waals surface area contributed by atoms with Gasteiger partial charge in [0.25, 0.3) is 10.0 Å². The van der Waals surface area contributed by atoms with Gasteiger partial charge in [-0.25, -0.2) is 17.5 Å². The summed E-state index contributed by atoms with van der Waals surface area (Å²) in [5.74, 6) is 0.0525. The molecule has 3 aromatic carbocycles. The first-order valence-corrected chi connectivity index (χ1v) is 13.9. The molecule has 192 valence electrons. The lowest BCUT2D eigenvalue weighted by Crippen LogP contribution is -2.35. The summed E-state index contributed by atoms with van der Waals surface area (Å²) < 4.78 is 43.8. The Bertz CT molecular complexity index is 1800. The molecule has 38 heavy (non-hydrogen) atoms. The fraction of sp³-hybridized carbons (Fsp3) is 0.250. The molecule has 0 N–H and O–H groups in total. The van der Waals surface area contributed by atoms with Gasteiger partial charge in [0, 0.05) is 36.9 Å². The monoisotopic (exact) mass is 528 g/mol. The summed E-state index contributed by atoms with van der Waals surface area (Å²) in [6, 6.07) is 20.9. The van der Waals surface area contributed by atoms with Gasteiger partial charge in [-0.15, -0.1) is 5.10 Å². The van der Waals surface area contributed by atoms with Crippen molar-refractivity contribution >= 4 is 20.9 Å². The lowest BCUT2D eigenvalue weighted by molar-refractivity contribution is 0.418. The zero-order valence-corrected chi connectivity index (χ0v) is 21.7. The highest BCUT2D eigenvalue weighted by Gasteiger charge is 2.71. The Morgan fingerprint density at radius 3 is 2.47 bits per heavy atom. The van der Waals surface area contributed by atoms with Gasteiger partial charge in [0.15, 0.2) is 0 Å². The highest BCUT2D eigenvalue weighted by atomic mass is 32.2. The SMILES string of the molecule is Cc1cc2c(cnn2-c2ccc(F)cc2)cc1C12CN(S(=O)(=O)c3cnn(C)n3)CC1C2c1ccccc1. The number of hydrogen-bond acceptors (Lipinski definition) is 5. The largest absolute Gasteiger partial charge is 0.264 e. The van der Waals surface area contributed by atoms with Gasteiger partial charge in [-0.05, 0) is 65.9 Å². The van der Waals surface area contributed by atoms with Crippen molar-refractivity contribution in [2.24, 2.45) is 13.0 Å². The van der Waals surface area contributed by atoms with Gasteiger partial charge < -0.3 is 0 Å². The minimum Gasteiger partial charge on any atom is -0.233 e.